The lowest BCUT2D eigenvalue weighted by Gasteiger charge is -2.45. The molecule has 0 aromatic heterocycles. The highest BCUT2D eigenvalue weighted by molar-refractivity contribution is 5.88. The fourth-order valence-corrected chi connectivity index (χ4v) is 5.37. The molecule has 1 heterocycles. The molecule has 5 nitrogen and oxygen atoms in total. The molecule has 1 aromatic carbocycles. The fourth-order valence-electron chi connectivity index (χ4n) is 5.37. The molecule has 1 atom stereocenters. The quantitative estimate of drug-likeness (QED) is 0.641. The van der Waals surface area contributed by atoms with Gasteiger partial charge in [0.2, 0.25) is 5.91 Å². The van der Waals surface area contributed by atoms with Crippen LogP contribution in [0.3, 0.4) is 0 Å². The molecule has 29 heavy (non-hydrogen) atoms. The number of nitrogens with one attached hydrogen (secondary N) is 1. The van der Waals surface area contributed by atoms with Crippen molar-refractivity contribution in [2.24, 2.45) is 5.41 Å². The number of hydrogen-bond acceptors (Lipinski definition) is 3. The highest BCUT2D eigenvalue weighted by Crippen LogP contribution is 2.49. The monoisotopic (exact) mass is 400 g/mol. The maximum Gasteiger partial charge on any atom is 0.335 e. The van der Waals surface area contributed by atoms with E-state index < -0.39 is 5.97 Å². The predicted molar refractivity (Wildman–Crippen MR) is 115 cm³/mol. The van der Waals surface area contributed by atoms with Crippen molar-refractivity contribution in [3.05, 3.63) is 34.9 Å². The van der Waals surface area contributed by atoms with Crippen LogP contribution in [0.4, 0.5) is 0 Å². The first-order valence-electron chi connectivity index (χ1n) is 11.3. The van der Waals surface area contributed by atoms with Gasteiger partial charge in [-0.1, -0.05) is 12.5 Å². The third-order valence-electron chi connectivity index (χ3n) is 7.05. The Morgan fingerprint density at radius 3 is 2.55 bits per heavy atom. The number of unbranched alkanes of at least 4 members (excludes halogenated alkanes) is 1. The van der Waals surface area contributed by atoms with Gasteiger partial charge >= 0.3 is 5.97 Å². The van der Waals surface area contributed by atoms with Gasteiger partial charge in [0.1, 0.15) is 0 Å². The number of carboxylic acids is 1. The number of aromatic carboxylic acids is 1. The van der Waals surface area contributed by atoms with E-state index in [0.29, 0.717) is 23.3 Å². The lowest BCUT2D eigenvalue weighted by atomic mass is 9.62. The van der Waals surface area contributed by atoms with Crippen molar-refractivity contribution in [1.29, 1.82) is 0 Å². The summed E-state index contributed by atoms with van der Waals surface area (Å²) < 4.78 is 0. The minimum absolute atomic E-state index is 0.252. The molecule has 0 saturated carbocycles. The summed E-state index contributed by atoms with van der Waals surface area (Å²) in [7, 11) is 0. The molecule has 5 heteroatoms. The smallest absolute Gasteiger partial charge is 0.335 e. The Bertz CT molecular complexity index is 721. The van der Waals surface area contributed by atoms with E-state index in [9.17, 15) is 14.7 Å². The topological polar surface area (TPSA) is 69.6 Å². The molecule has 1 unspecified atom stereocenters. The molecule has 1 spiro atoms. The summed E-state index contributed by atoms with van der Waals surface area (Å²) in [4.78, 5) is 25.7. The maximum absolute atomic E-state index is 12.3. The molecule has 3 rings (SSSR count). The van der Waals surface area contributed by atoms with E-state index in [0.717, 1.165) is 58.3 Å². The van der Waals surface area contributed by atoms with Crippen molar-refractivity contribution < 1.29 is 14.7 Å². The number of carbonyl (C=O) groups excluding carboxylic acids is 1. The summed E-state index contributed by atoms with van der Waals surface area (Å²) in [5.41, 5.74) is 3.33. The Kier molecular flexibility index (Phi) is 7.33. The Labute approximate surface area is 174 Å². The summed E-state index contributed by atoms with van der Waals surface area (Å²) >= 11 is 0. The second-order valence-corrected chi connectivity index (χ2v) is 8.86. The number of hydrogen-bond donors (Lipinski definition) is 2. The van der Waals surface area contributed by atoms with Gasteiger partial charge in [0.15, 0.2) is 0 Å². The lowest BCUT2D eigenvalue weighted by molar-refractivity contribution is -0.130. The largest absolute Gasteiger partial charge is 0.478 e. The number of amides is 1. The van der Waals surface area contributed by atoms with Gasteiger partial charge < -0.3 is 15.3 Å². The Morgan fingerprint density at radius 2 is 1.90 bits per heavy atom. The van der Waals surface area contributed by atoms with E-state index in [1.165, 1.54) is 24.0 Å². The second-order valence-electron chi connectivity index (χ2n) is 8.86. The third kappa shape index (κ3) is 5.19. The highest BCUT2D eigenvalue weighted by atomic mass is 16.4. The molecule has 2 aliphatic rings. The molecular formula is C24H36N2O3. The fraction of sp³-hybridized carbons (Fsp3) is 0.667. The zero-order valence-corrected chi connectivity index (χ0v) is 18.0. The summed E-state index contributed by atoms with van der Waals surface area (Å²) in [5, 5.41) is 12.9. The molecule has 0 radical (unpaired) electrons. The molecule has 1 aliphatic heterocycles. The van der Waals surface area contributed by atoms with Crippen LogP contribution in [0.1, 0.15) is 86.2 Å². The molecule has 1 fully saturated rings. The van der Waals surface area contributed by atoms with Crippen molar-refractivity contribution in [2.45, 2.75) is 71.1 Å². The van der Waals surface area contributed by atoms with E-state index in [4.69, 9.17) is 0 Å². The molecule has 1 aliphatic carbocycles. The van der Waals surface area contributed by atoms with Gasteiger partial charge in [0.05, 0.1) is 5.56 Å². The maximum atomic E-state index is 12.3. The summed E-state index contributed by atoms with van der Waals surface area (Å²) in [6.07, 6.45) is 8.20. The number of benzene rings is 1. The first-order valence-corrected chi connectivity index (χ1v) is 11.3. The zero-order chi connectivity index (χ0) is 20.9. The Balaban J connectivity index is 1.69. The van der Waals surface area contributed by atoms with Crippen molar-refractivity contribution in [3.8, 4) is 0 Å². The van der Waals surface area contributed by atoms with Crippen molar-refractivity contribution in [2.75, 3.05) is 26.2 Å². The molecule has 2 N–H and O–H groups in total. The summed E-state index contributed by atoms with van der Waals surface area (Å²) in [6.45, 7) is 7.76. The summed E-state index contributed by atoms with van der Waals surface area (Å²) in [6, 6.07) is 5.73. The van der Waals surface area contributed by atoms with E-state index in [1.54, 1.807) is 6.07 Å². The van der Waals surface area contributed by atoms with Crippen LogP contribution in [-0.2, 0) is 11.2 Å². The number of carbonyl (C=O) groups is 2. The van der Waals surface area contributed by atoms with Gasteiger partial charge in [-0.05, 0) is 100 Å². The number of carboxylic acid groups (broad SMARTS) is 1. The van der Waals surface area contributed by atoms with Gasteiger partial charge in [-0.2, -0.15) is 0 Å². The first-order chi connectivity index (χ1) is 14.0. The Hall–Kier alpha value is -1.88. The Morgan fingerprint density at radius 1 is 1.17 bits per heavy atom. The van der Waals surface area contributed by atoms with Gasteiger partial charge in [-0.3, -0.25) is 4.79 Å². The highest BCUT2D eigenvalue weighted by Gasteiger charge is 2.39. The number of fused-ring (bicyclic) bond motifs is 1. The number of rotatable bonds is 8. The van der Waals surface area contributed by atoms with E-state index >= 15 is 0 Å². The van der Waals surface area contributed by atoms with Crippen LogP contribution in [-0.4, -0.2) is 48.1 Å². The van der Waals surface area contributed by atoms with Crippen LogP contribution in [0.15, 0.2) is 18.2 Å². The van der Waals surface area contributed by atoms with Crippen LogP contribution in [0.5, 0.6) is 0 Å². The first kappa shape index (κ1) is 21.8. The van der Waals surface area contributed by atoms with E-state index in [-0.39, 0.29) is 5.91 Å². The third-order valence-corrected chi connectivity index (χ3v) is 7.05. The van der Waals surface area contributed by atoms with Gasteiger partial charge in [-0.15, -0.1) is 0 Å². The standard InChI is InChI=1S/C24H36N2O3/c1-3-26(4-2)22(27)8-6-5-7-19-16-24(11-13-25-14-12-24)17-20-10-9-18(23(28)29)15-21(19)20/h9-10,15,19,25H,3-8,11-14,16-17H2,1-2H3,(H,28,29). The van der Waals surface area contributed by atoms with Crippen LogP contribution in [0.2, 0.25) is 0 Å². The minimum Gasteiger partial charge on any atom is -0.478 e. The average Bonchev–Trinajstić information content (AvgIpc) is 2.72. The number of nitrogens with zero attached hydrogens (tertiary/aromatic N) is 1. The van der Waals surface area contributed by atoms with Crippen LogP contribution in [0.25, 0.3) is 0 Å². The molecular weight excluding hydrogens is 364 g/mol. The summed E-state index contributed by atoms with van der Waals surface area (Å²) in [5.74, 6) is -0.194. The van der Waals surface area contributed by atoms with E-state index in [1.807, 2.05) is 24.8 Å². The molecule has 1 amide bonds. The molecule has 1 saturated heterocycles. The average molecular weight is 401 g/mol. The van der Waals surface area contributed by atoms with Gasteiger partial charge in [0.25, 0.3) is 0 Å². The zero-order valence-electron chi connectivity index (χ0n) is 18.0. The SMILES string of the molecule is CCN(CC)C(=O)CCCCC1CC2(CCNCC2)Cc2ccc(C(=O)O)cc21. The van der Waals surface area contributed by atoms with Crippen LogP contribution in [0, 0.1) is 5.41 Å². The molecule has 1 aromatic rings. The van der Waals surface area contributed by atoms with Gasteiger partial charge in [-0.25, -0.2) is 4.79 Å². The van der Waals surface area contributed by atoms with Crippen LogP contribution >= 0.6 is 0 Å². The molecule has 0 bridgehead atoms. The predicted octanol–water partition coefficient (Wildman–Crippen LogP) is 4.21. The van der Waals surface area contributed by atoms with Crippen LogP contribution < -0.4 is 5.32 Å². The van der Waals surface area contributed by atoms with Crippen molar-refractivity contribution in [3.63, 3.8) is 0 Å². The van der Waals surface area contributed by atoms with Gasteiger partial charge in [0, 0.05) is 19.5 Å². The lowest BCUT2D eigenvalue weighted by Crippen LogP contribution is -2.41. The normalized spacial score (nSPS) is 20.3. The van der Waals surface area contributed by atoms with E-state index in [2.05, 4.69) is 11.4 Å². The second kappa shape index (κ2) is 9.75. The van der Waals surface area contributed by atoms with Crippen molar-refractivity contribution in [1.82, 2.24) is 10.2 Å². The van der Waals surface area contributed by atoms with Crippen molar-refractivity contribution >= 4 is 11.9 Å². The number of piperidine rings is 1. The minimum atomic E-state index is -0.849. The molecule has 160 valence electrons.